The molecule has 0 saturated carbocycles. The highest BCUT2D eigenvalue weighted by molar-refractivity contribution is 7.16. The van der Waals surface area contributed by atoms with Gasteiger partial charge < -0.3 is 10.2 Å². The number of halogens is 2. The molecule has 0 aliphatic carbocycles. The van der Waals surface area contributed by atoms with Crippen molar-refractivity contribution in [3.05, 3.63) is 51.4 Å². The Kier molecular flexibility index (Phi) is 5.19. The van der Waals surface area contributed by atoms with Crippen molar-refractivity contribution in [2.45, 2.75) is 6.54 Å². The topological polar surface area (TPSA) is 15.3 Å². The summed E-state index contributed by atoms with van der Waals surface area (Å²) >= 11 is 7.45. The zero-order valence-electron chi connectivity index (χ0n) is 10.7. The molecule has 5 heteroatoms. The minimum atomic E-state index is -0.203. The fourth-order valence-electron chi connectivity index (χ4n) is 1.75. The molecule has 0 spiro atoms. The number of hydrogen-bond donors (Lipinski definition) is 1. The van der Waals surface area contributed by atoms with E-state index in [2.05, 4.69) is 5.32 Å². The van der Waals surface area contributed by atoms with Crippen LogP contribution in [0.5, 0.6) is 0 Å². The molecule has 1 aromatic carbocycles. The Morgan fingerprint density at radius 3 is 2.84 bits per heavy atom. The van der Waals surface area contributed by atoms with Crippen LogP contribution >= 0.6 is 22.9 Å². The summed E-state index contributed by atoms with van der Waals surface area (Å²) in [6.45, 7) is 2.47. The second-order valence-electron chi connectivity index (χ2n) is 4.28. The van der Waals surface area contributed by atoms with Crippen molar-refractivity contribution in [1.29, 1.82) is 0 Å². The minimum absolute atomic E-state index is 0.203. The normalized spacial score (nSPS) is 10.7. The van der Waals surface area contributed by atoms with E-state index < -0.39 is 0 Å². The van der Waals surface area contributed by atoms with E-state index in [4.69, 9.17) is 11.6 Å². The molecular weight excluding hydrogens is 283 g/mol. The third kappa shape index (κ3) is 4.49. The molecular formula is C14H16ClFN2S. The maximum Gasteiger partial charge on any atom is 0.125 e. The number of nitrogens with zero attached hydrogens (tertiary/aromatic N) is 1. The van der Waals surface area contributed by atoms with Gasteiger partial charge in [0, 0.05) is 37.2 Å². The maximum atomic E-state index is 13.1. The first-order valence-corrected chi connectivity index (χ1v) is 7.26. The van der Waals surface area contributed by atoms with Gasteiger partial charge >= 0.3 is 0 Å². The number of likely N-dealkylation sites (N-methyl/N-ethyl adjacent to an activating group) is 1. The number of rotatable bonds is 6. The molecule has 1 heterocycles. The maximum absolute atomic E-state index is 13.1. The fourth-order valence-corrected chi connectivity index (χ4v) is 2.80. The van der Waals surface area contributed by atoms with Crippen LogP contribution in [0.3, 0.4) is 0 Å². The minimum Gasteiger partial charge on any atom is -0.373 e. The molecule has 2 aromatic rings. The third-order valence-electron chi connectivity index (χ3n) is 2.80. The van der Waals surface area contributed by atoms with Gasteiger partial charge in [-0.15, -0.1) is 11.3 Å². The van der Waals surface area contributed by atoms with Crippen LogP contribution in [-0.4, -0.2) is 20.1 Å². The lowest BCUT2D eigenvalue weighted by Gasteiger charge is -2.19. The SMILES string of the molecule is CN(CCNCc1ccc(Cl)s1)c1cccc(F)c1. The molecule has 0 unspecified atom stereocenters. The first-order chi connectivity index (χ1) is 9.15. The van der Waals surface area contributed by atoms with E-state index in [0.29, 0.717) is 0 Å². The van der Waals surface area contributed by atoms with Crippen molar-refractivity contribution in [1.82, 2.24) is 5.32 Å². The lowest BCUT2D eigenvalue weighted by atomic mass is 10.3. The lowest BCUT2D eigenvalue weighted by Crippen LogP contribution is -2.28. The van der Waals surface area contributed by atoms with Gasteiger partial charge in [0.1, 0.15) is 5.82 Å². The molecule has 1 aromatic heterocycles. The highest BCUT2D eigenvalue weighted by atomic mass is 35.5. The van der Waals surface area contributed by atoms with Crippen LogP contribution in [0.25, 0.3) is 0 Å². The van der Waals surface area contributed by atoms with Crippen molar-refractivity contribution in [2.24, 2.45) is 0 Å². The molecule has 0 saturated heterocycles. The number of thiophene rings is 1. The molecule has 0 atom stereocenters. The average Bonchev–Trinajstić information content (AvgIpc) is 2.80. The summed E-state index contributed by atoms with van der Waals surface area (Å²) in [6, 6.07) is 10.6. The standard InChI is InChI=1S/C14H16ClFN2S/c1-18(12-4-2-3-11(16)9-12)8-7-17-10-13-5-6-14(15)19-13/h2-6,9,17H,7-8,10H2,1H3. The molecule has 2 rings (SSSR count). The van der Waals surface area contributed by atoms with Gasteiger partial charge in [-0.25, -0.2) is 4.39 Å². The van der Waals surface area contributed by atoms with Crippen molar-refractivity contribution in [3.8, 4) is 0 Å². The van der Waals surface area contributed by atoms with Crippen molar-refractivity contribution in [3.63, 3.8) is 0 Å². The second kappa shape index (κ2) is 6.89. The summed E-state index contributed by atoms with van der Waals surface area (Å²) in [4.78, 5) is 3.25. The van der Waals surface area contributed by atoms with Gasteiger partial charge in [-0.05, 0) is 30.3 Å². The average molecular weight is 299 g/mol. The summed E-state index contributed by atoms with van der Waals surface area (Å²) in [5.74, 6) is -0.203. The Morgan fingerprint density at radius 2 is 2.16 bits per heavy atom. The summed E-state index contributed by atoms with van der Waals surface area (Å²) in [6.07, 6.45) is 0. The summed E-state index contributed by atoms with van der Waals surface area (Å²) in [5, 5.41) is 3.35. The Morgan fingerprint density at radius 1 is 1.32 bits per heavy atom. The molecule has 0 radical (unpaired) electrons. The Bertz CT molecular complexity index is 530. The predicted octanol–water partition coefficient (Wildman–Crippen LogP) is 3.77. The van der Waals surface area contributed by atoms with Gasteiger partial charge in [-0.2, -0.15) is 0 Å². The van der Waals surface area contributed by atoms with Crippen LogP contribution in [0.1, 0.15) is 4.88 Å². The molecule has 1 N–H and O–H groups in total. The van der Waals surface area contributed by atoms with E-state index >= 15 is 0 Å². The van der Waals surface area contributed by atoms with Gasteiger partial charge in [-0.1, -0.05) is 17.7 Å². The quantitative estimate of drug-likeness (QED) is 0.817. The summed E-state index contributed by atoms with van der Waals surface area (Å²) in [7, 11) is 1.96. The van der Waals surface area contributed by atoms with Crippen molar-refractivity contribution < 1.29 is 4.39 Å². The van der Waals surface area contributed by atoms with Crippen LogP contribution in [0.2, 0.25) is 4.34 Å². The fraction of sp³-hybridized carbons (Fsp3) is 0.286. The van der Waals surface area contributed by atoms with Crippen LogP contribution in [0.4, 0.5) is 10.1 Å². The highest BCUT2D eigenvalue weighted by Gasteiger charge is 2.02. The Hall–Kier alpha value is -1.10. The first kappa shape index (κ1) is 14.3. The second-order valence-corrected chi connectivity index (χ2v) is 6.08. The first-order valence-electron chi connectivity index (χ1n) is 6.07. The van der Waals surface area contributed by atoms with Gasteiger partial charge in [0.15, 0.2) is 0 Å². The third-order valence-corrected chi connectivity index (χ3v) is 4.03. The van der Waals surface area contributed by atoms with E-state index in [0.717, 1.165) is 29.7 Å². The highest BCUT2D eigenvalue weighted by Crippen LogP contribution is 2.20. The van der Waals surface area contributed by atoms with Crippen LogP contribution < -0.4 is 10.2 Å². The summed E-state index contributed by atoms with van der Waals surface area (Å²) < 4.78 is 13.9. The predicted molar refractivity (Wildman–Crippen MR) is 80.7 cm³/mol. The number of nitrogens with one attached hydrogen (secondary N) is 1. The van der Waals surface area contributed by atoms with Crippen molar-refractivity contribution >= 4 is 28.6 Å². The van der Waals surface area contributed by atoms with E-state index in [1.165, 1.54) is 10.9 Å². The van der Waals surface area contributed by atoms with Gasteiger partial charge in [-0.3, -0.25) is 0 Å². The Balaban J connectivity index is 1.73. The monoisotopic (exact) mass is 298 g/mol. The van der Waals surface area contributed by atoms with Crippen LogP contribution in [-0.2, 0) is 6.54 Å². The van der Waals surface area contributed by atoms with E-state index in [-0.39, 0.29) is 5.82 Å². The van der Waals surface area contributed by atoms with Gasteiger partial charge in [0.2, 0.25) is 0 Å². The molecule has 0 amide bonds. The zero-order chi connectivity index (χ0) is 13.7. The zero-order valence-corrected chi connectivity index (χ0v) is 12.3. The molecule has 0 fully saturated rings. The Labute approximate surface area is 121 Å². The smallest absolute Gasteiger partial charge is 0.125 e. The number of benzene rings is 1. The molecule has 0 aliphatic heterocycles. The molecule has 2 nitrogen and oxygen atoms in total. The van der Waals surface area contributed by atoms with Gasteiger partial charge in [0.25, 0.3) is 0 Å². The molecule has 0 aliphatic rings. The molecule has 19 heavy (non-hydrogen) atoms. The van der Waals surface area contributed by atoms with Crippen molar-refractivity contribution in [2.75, 3.05) is 25.0 Å². The lowest BCUT2D eigenvalue weighted by molar-refractivity contribution is 0.626. The number of anilines is 1. The molecule has 102 valence electrons. The number of hydrogen-bond acceptors (Lipinski definition) is 3. The van der Waals surface area contributed by atoms with E-state index in [1.807, 2.05) is 30.1 Å². The van der Waals surface area contributed by atoms with Gasteiger partial charge in [0.05, 0.1) is 4.34 Å². The molecule has 0 bridgehead atoms. The largest absolute Gasteiger partial charge is 0.373 e. The van der Waals surface area contributed by atoms with E-state index in [9.17, 15) is 4.39 Å². The van der Waals surface area contributed by atoms with E-state index in [1.54, 1.807) is 23.5 Å². The van der Waals surface area contributed by atoms with Crippen LogP contribution in [0.15, 0.2) is 36.4 Å². The van der Waals surface area contributed by atoms with Crippen LogP contribution in [0, 0.1) is 5.82 Å². The summed E-state index contributed by atoms with van der Waals surface area (Å²) in [5.41, 5.74) is 0.890.